The van der Waals surface area contributed by atoms with Gasteiger partial charge in [0.1, 0.15) is 0 Å². The van der Waals surface area contributed by atoms with Crippen molar-refractivity contribution in [3.63, 3.8) is 0 Å². The van der Waals surface area contributed by atoms with Crippen molar-refractivity contribution in [2.24, 2.45) is 0 Å². The maximum atomic E-state index is 5.97. The predicted octanol–water partition coefficient (Wildman–Crippen LogP) is 2.65. The first-order valence-electron chi connectivity index (χ1n) is 7.06. The Morgan fingerprint density at radius 3 is 2.65 bits per heavy atom. The van der Waals surface area contributed by atoms with Crippen molar-refractivity contribution in [1.82, 2.24) is 20.2 Å². The van der Waals surface area contributed by atoms with Gasteiger partial charge in [0, 0.05) is 18.5 Å². The van der Waals surface area contributed by atoms with Gasteiger partial charge in [-0.2, -0.15) is 4.68 Å². The van der Waals surface area contributed by atoms with Gasteiger partial charge in [-0.3, -0.25) is 0 Å². The summed E-state index contributed by atoms with van der Waals surface area (Å²) in [5.74, 6) is 1.38. The second-order valence-corrected chi connectivity index (χ2v) is 5.42. The standard InChI is InChI=1S/C14H18ClN5/c15-10-11-19(12-6-4-5-7-12)14-16-17-18-20(14)13-8-2-1-3-9-13/h1-3,8-9,12H,4-7,10-11H2. The van der Waals surface area contributed by atoms with Crippen molar-refractivity contribution in [3.8, 4) is 5.69 Å². The molecule has 1 aliphatic carbocycles. The monoisotopic (exact) mass is 291 g/mol. The fraction of sp³-hybridized carbons (Fsp3) is 0.500. The van der Waals surface area contributed by atoms with Gasteiger partial charge in [0.05, 0.1) is 5.69 Å². The van der Waals surface area contributed by atoms with Crippen LogP contribution in [0.1, 0.15) is 25.7 Å². The number of anilines is 1. The van der Waals surface area contributed by atoms with E-state index in [1.807, 2.05) is 30.3 Å². The molecule has 5 nitrogen and oxygen atoms in total. The molecule has 0 bridgehead atoms. The number of alkyl halides is 1. The molecule has 6 heteroatoms. The van der Waals surface area contributed by atoms with Gasteiger partial charge in [-0.25, -0.2) is 0 Å². The maximum Gasteiger partial charge on any atom is 0.250 e. The summed E-state index contributed by atoms with van der Waals surface area (Å²) in [6.45, 7) is 0.777. The first kappa shape index (κ1) is 13.4. The van der Waals surface area contributed by atoms with Gasteiger partial charge >= 0.3 is 0 Å². The Morgan fingerprint density at radius 2 is 1.95 bits per heavy atom. The molecule has 0 aliphatic heterocycles. The summed E-state index contributed by atoms with van der Waals surface area (Å²) in [4.78, 5) is 2.26. The van der Waals surface area contributed by atoms with E-state index >= 15 is 0 Å². The first-order chi connectivity index (χ1) is 9.90. The smallest absolute Gasteiger partial charge is 0.250 e. The minimum absolute atomic E-state index is 0.502. The molecular formula is C14H18ClN5. The zero-order valence-corrected chi connectivity index (χ0v) is 12.1. The molecule has 106 valence electrons. The van der Waals surface area contributed by atoms with E-state index in [9.17, 15) is 0 Å². The molecule has 0 saturated heterocycles. The molecule has 1 saturated carbocycles. The van der Waals surface area contributed by atoms with Gasteiger partial charge in [-0.1, -0.05) is 36.1 Å². The lowest BCUT2D eigenvalue weighted by atomic mass is 10.2. The van der Waals surface area contributed by atoms with Crippen LogP contribution < -0.4 is 4.90 Å². The van der Waals surface area contributed by atoms with E-state index in [-0.39, 0.29) is 0 Å². The molecule has 0 unspecified atom stereocenters. The lowest BCUT2D eigenvalue weighted by Crippen LogP contribution is -2.37. The number of aromatic nitrogens is 4. The van der Waals surface area contributed by atoms with Crippen LogP contribution in [0.3, 0.4) is 0 Å². The van der Waals surface area contributed by atoms with E-state index in [1.54, 1.807) is 4.68 Å². The third-order valence-electron chi connectivity index (χ3n) is 3.80. The van der Waals surface area contributed by atoms with Crippen LogP contribution in [0.4, 0.5) is 5.95 Å². The van der Waals surface area contributed by atoms with E-state index in [0.717, 1.165) is 18.2 Å². The van der Waals surface area contributed by atoms with Crippen molar-refractivity contribution in [1.29, 1.82) is 0 Å². The van der Waals surface area contributed by atoms with Crippen LogP contribution in [0.2, 0.25) is 0 Å². The summed E-state index contributed by atoms with van der Waals surface area (Å²) in [6, 6.07) is 10.5. The molecule has 1 aromatic carbocycles. The van der Waals surface area contributed by atoms with Crippen molar-refractivity contribution < 1.29 is 0 Å². The van der Waals surface area contributed by atoms with E-state index in [2.05, 4.69) is 20.4 Å². The molecule has 0 N–H and O–H groups in total. The average Bonchev–Trinajstić information content (AvgIpc) is 3.17. The number of rotatable bonds is 5. The van der Waals surface area contributed by atoms with Gasteiger partial charge in [0.2, 0.25) is 0 Å². The van der Waals surface area contributed by atoms with Gasteiger partial charge in [0.25, 0.3) is 5.95 Å². The zero-order valence-electron chi connectivity index (χ0n) is 11.3. The fourth-order valence-electron chi connectivity index (χ4n) is 2.85. The summed E-state index contributed by atoms with van der Waals surface area (Å²) in [6.07, 6.45) is 4.93. The fourth-order valence-corrected chi connectivity index (χ4v) is 3.03. The van der Waals surface area contributed by atoms with Crippen LogP contribution in [0, 0.1) is 0 Å². The highest BCUT2D eigenvalue weighted by atomic mass is 35.5. The highest BCUT2D eigenvalue weighted by Gasteiger charge is 2.26. The Bertz CT molecular complexity index is 536. The SMILES string of the molecule is ClCCN(c1nnnn1-c1ccccc1)C1CCCC1. The second kappa shape index (κ2) is 6.22. The Balaban J connectivity index is 1.93. The Hall–Kier alpha value is -1.62. The number of para-hydroxylation sites is 1. The van der Waals surface area contributed by atoms with Crippen LogP contribution in [-0.4, -0.2) is 38.7 Å². The maximum absolute atomic E-state index is 5.97. The van der Waals surface area contributed by atoms with E-state index < -0.39 is 0 Å². The van der Waals surface area contributed by atoms with E-state index in [1.165, 1.54) is 25.7 Å². The molecule has 1 aliphatic rings. The van der Waals surface area contributed by atoms with E-state index in [0.29, 0.717) is 11.9 Å². The van der Waals surface area contributed by atoms with Crippen molar-refractivity contribution in [3.05, 3.63) is 30.3 Å². The summed E-state index contributed by atoms with van der Waals surface area (Å²) < 4.78 is 1.80. The van der Waals surface area contributed by atoms with E-state index in [4.69, 9.17) is 11.6 Å². The van der Waals surface area contributed by atoms with Gasteiger partial charge in [-0.15, -0.1) is 11.6 Å². The molecule has 2 aromatic rings. The minimum atomic E-state index is 0.502. The number of halogens is 1. The van der Waals surface area contributed by atoms with Gasteiger partial charge in [-0.05, 0) is 35.4 Å². The van der Waals surface area contributed by atoms with Crippen LogP contribution >= 0.6 is 11.6 Å². The van der Waals surface area contributed by atoms with Crippen LogP contribution in [0.25, 0.3) is 5.69 Å². The molecule has 0 radical (unpaired) electrons. The second-order valence-electron chi connectivity index (χ2n) is 5.05. The number of nitrogens with zero attached hydrogens (tertiary/aromatic N) is 5. The summed E-state index contributed by atoms with van der Waals surface area (Å²) >= 11 is 5.97. The molecule has 0 atom stereocenters. The molecule has 3 rings (SSSR count). The average molecular weight is 292 g/mol. The zero-order chi connectivity index (χ0) is 13.8. The Kier molecular flexibility index (Phi) is 4.16. The summed E-state index contributed by atoms with van der Waals surface area (Å²) in [5, 5.41) is 12.2. The molecule has 0 amide bonds. The molecule has 0 spiro atoms. The molecular weight excluding hydrogens is 274 g/mol. The van der Waals surface area contributed by atoms with Crippen molar-refractivity contribution >= 4 is 17.5 Å². The Labute approximate surface area is 123 Å². The summed E-state index contributed by atoms with van der Waals surface area (Å²) in [7, 11) is 0. The Morgan fingerprint density at radius 1 is 1.20 bits per heavy atom. The number of hydrogen-bond acceptors (Lipinski definition) is 4. The largest absolute Gasteiger partial charge is 0.335 e. The van der Waals surface area contributed by atoms with Gasteiger partial charge in [0.15, 0.2) is 0 Å². The van der Waals surface area contributed by atoms with Crippen LogP contribution in [-0.2, 0) is 0 Å². The topological polar surface area (TPSA) is 46.8 Å². The third kappa shape index (κ3) is 2.63. The minimum Gasteiger partial charge on any atom is -0.335 e. The number of hydrogen-bond donors (Lipinski definition) is 0. The highest BCUT2D eigenvalue weighted by Crippen LogP contribution is 2.27. The number of benzene rings is 1. The molecule has 1 fully saturated rings. The van der Waals surface area contributed by atoms with Gasteiger partial charge < -0.3 is 4.90 Å². The number of tetrazole rings is 1. The van der Waals surface area contributed by atoms with Crippen LogP contribution in [0.5, 0.6) is 0 Å². The third-order valence-corrected chi connectivity index (χ3v) is 3.97. The highest BCUT2D eigenvalue weighted by molar-refractivity contribution is 6.18. The lowest BCUT2D eigenvalue weighted by Gasteiger charge is -2.28. The predicted molar refractivity (Wildman–Crippen MR) is 79.5 cm³/mol. The quantitative estimate of drug-likeness (QED) is 0.795. The molecule has 1 aromatic heterocycles. The van der Waals surface area contributed by atoms with Crippen LogP contribution in [0.15, 0.2) is 30.3 Å². The lowest BCUT2D eigenvalue weighted by molar-refractivity contribution is 0.598. The molecule has 20 heavy (non-hydrogen) atoms. The first-order valence-corrected chi connectivity index (χ1v) is 7.60. The summed E-state index contributed by atoms with van der Waals surface area (Å²) in [5.41, 5.74) is 0.977. The van der Waals surface area contributed by atoms with Crippen molar-refractivity contribution in [2.75, 3.05) is 17.3 Å². The molecule has 1 heterocycles. The normalized spacial score (nSPS) is 15.7. The van der Waals surface area contributed by atoms with Crippen molar-refractivity contribution in [2.45, 2.75) is 31.7 Å².